The van der Waals surface area contributed by atoms with Crippen molar-refractivity contribution in [2.75, 3.05) is 13.7 Å². The molecule has 4 rings (SSSR count). The van der Waals surface area contributed by atoms with E-state index in [1.165, 1.54) is 39.2 Å². The van der Waals surface area contributed by atoms with Crippen molar-refractivity contribution in [3.05, 3.63) is 60.3 Å². The second-order valence-electron chi connectivity index (χ2n) is 8.13. The zero-order valence-electron chi connectivity index (χ0n) is 17.6. The van der Waals surface area contributed by atoms with Crippen LogP contribution in [0.3, 0.4) is 0 Å². The highest BCUT2D eigenvalue weighted by Crippen LogP contribution is 2.34. The van der Waals surface area contributed by atoms with E-state index >= 15 is 0 Å². The van der Waals surface area contributed by atoms with Crippen molar-refractivity contribution >= 4 is 16.9 Å². The summed E-state index contributed by atoms with van der Waals surface area (Å²) in [5.74, 6) is 1.36. The van der Waals surface area contributed by atoms with Crippen molar-refractivity contribution in [3.63, 3.8) is 0 Å². The number of hydrogen-bond acceptors (Lipinski definition) is 4. The molecule has 1 saturated carbocycles. The van der Waals surface area contributed by atoms with Crippen LogP contribution in [0, 0.1) is 5.92 Å². The normalized spacial score (nSPS) is 14.6. The molecule has 1 fully saturated rings. The van der Waals surface area contributed by atoms with Crippen LogP contribution < -0.4 is 4.74 Å². The first-order valence-electron chi connectivity index (χ1n) is 10.9. The summed E-state index contributed by atoms with van der Waals surface area (Å²) in [5, 5.41) is 1.10. The Kier molecular flexibility index (Phi) is 6.63. The van der Waals surface area contributed by atoms with Crippen LogP contribution in [0.15, 0.2) is 54.7 Å². The van der Waals surface area contributed by atoms with Crippen LogP contribution in [0.5, 0.6) is 5.75 Å². The van der Waals surface area contributed by atoms with Crippen LogP contribution in [0.4, 0.5) is 0 Å². The molecule has 1 aliphatic rings. The van der Waals surface area contributed by atoms with Gasteiger partial charge in [-0.3, -0.25) is 9.78 Å². The SMILES string of the molecule is COC(=O)CCc1ccc(OCC2CCCCC2)c(-c2ccc3ncccc3c2)c1. The number of pyridine rings is 1. The van der Waals surface area contributed by atoms with E-state index in [2.05, 4.69) is 47.4 Å². The summed E-state index contributed by atoms with van der Waals surface area (Å²) in [6, 6.07) is 16.6. The number of hydrogen-bond donors (Lipinski definition) is 0. The third kappa shape index (κ3) is 4.99. The van der Waals surface area contributed by atoms with Gasteiger partial charge < -0.3 is 9.47 Å². The minimum Gasteiger partial charge on any atom is -0.493 e. The summed E-state index contributed by atoms with van der Waals surface area (Å²) in [6.07, 6.45) is 9.33. The number of fused-ring (bicyclic) bond motifs is 1. The third-order valence-corrected chi connectivity index (χ3v) is 6.00. The second-order valence-corrected chi connectivity index (χ2v) is 8.13. The van der Waals surface area contributed by atoms with E-state index in [9.17, 15) is 4.79 Å². The van der Waals surface area contributed by atoms with E-state index in [0.717, 1.165) is 39.9 Å². The molecule has 4 heteroatoms. The first kappa shape index (κ1) is 20.4. The maximum Gasteiger partial charge on any atom is 0.305 e. The van der Waals surface area contributed by atoms with Gasteiger partial charge in [-0.1, -0.05) is 37.5 Å². The number of carbonyl (C=O) groups is 1. The van der Waals surface area contributed by atoms with Crippen LogP contribution in [0.1, 0.15) is 44.1 Å². The van der Waals surface area contributed by atoms with Gasteiger partial charge >= 0.3 is 5.97 Å². The molecule has 0 N–H and O–H groups in total. The summed E-state index contributed by atoms with van der Waals surface area (Å²) in [5.41, 5.74) is 4.26. The average molecular weight is 404 g/mol. The van der Waals surface area contributed by atoms with Crippen molar-refractivity contribution < 1.29 is 14.3 Å². The molecule has 0 aliphatic heterocycles. The molecule has 0 saturated heterocycles. The molecule has 30 heavy (non-hydrogen) atoms. The topological polar surface area (TPSA) is 48.4 Å². The maximum atomic E-state index is 11.6. The van der Waals surface area contributed by atoms with Gasteiger partial charge in [0.2, 0.25) is 0 Å². The second kappa shape index (κ2) is 9.75. The predicted molar refractivity (Wildman–Crippen MR) is 120 cm³/mol. The van der Waals surface area contributed by atoms with Crippen molar-refractivity contribution in [1.82, 2.24) is 4.98 Å². The van der Waals surface area contributed by atoms with E-state index in [0.29, 0.717) is 18.8 Å². The lowest BCUT2D eigenvalue weighted by atomic mass is 9.90. The van der Waals surface area contributed by atoms with Gasteiger partial charge in [0.05, 0.1) is 19.2 Å². The Balaban J connectivity index is 1.62. The molecule has 1 aliphatic carbocycles. The summed E-state index contributed by atoms with van der Waals surface area (Å²) in [7, 11) is 1.43. The summed E-state index contributed by atoms with van der Waals surface area (Å²) in [6.45, 7) is 0.768. The van der Waals surface area contributed by atoms with Gasteiger partial charge in [0, 0.05) is 23.6 Å². The highest BCUT2D eigenvalue weighted by atomic mass is 16.5. The molecule has 3 aromatic rings. The Morgan fingerprint density at radius 2 is 1.93 bits per heavy atom. The monoisotopic (exact) mass is 403 g/mol. The van der Waals surface area contributed by atoms with Crippen molar-refractivity contribution in [2.24, 2.45) is 5.92 Å². The van der Waals surface area contributed by atoms with Crippen LogP contribution in [-0.4, -0.2) is 24.7 Å². The van der Waals surface area contributed by atoms with E-state index < -0.39 is 0 Å². The molecule has 0 unspecified atom stereocenters. The first-order valence-corrected chi connectivity index (χ1v) is 10.9. The number of aryl methyl sites for hydroxylation is 1. The molecule has 0 spiro atoms. The summed E-state index contributed by atoms with van der Waals surface area (Å²) in [4.78, 5) is 16.0. The molecule has 0 radical (unpaired) electrons. The Labute approximate surface area is 178 Å². The Hall–Kier alpha value is -2.88. The maximum absolute atomic E-state index is 11.6. The van der Waals surface area contributed by atoms with Crippen LogP contribution in [0.25, 0.3) is 22.0 Å². The predicted octanol–water partition coefficient (Wildman–Crippen LogP) is 5.97. The van der Waals surface area contributed by atoms with Gasteiger partial charge in [0.25, 0.3) is 0 Å². The lowest BCUT2D eigenvalue weighted by Gasteiger charge is -2.23. The van der Waals surface area contributed by atoms with Crippen molar-refractivity contribution in [3.8, 4) is 16.9 Å². The van der Waals surface area contributed by atoms with Gasteiger partial charge in [0.1, 0.15) is 5.75 Å². The smallest absolute Gasteiger partial charge is 0.305 e. The van der Waals surface area contributed by atoms with E-state index in [4.69, 9.17) is 9.47 Å². The third-order valence-electron chi connectivity index (χ3n) is 6.00. The minimum atomic E-state index is -0.189. The number of methoxy groups -OCH3 is 1. The molecule has 0 amide bonds. The fraction of sp³-hybridized carbons (Fsp3) is 0.385. The number of nitrogens with zero attached hydrogens (tertiary/aromatic N) is 1. The van der Waals surface area contributed by atoms with Crippen LogP contribution >= 0.6 is 0 Å². The molecule has 4 nitrogen and oxygen atoms in total. The fourth-order valence-corrected chi connectivity index (χ4v) is 4.24. The van der Waals surface area contributed by atoms with Gasteiger partial charge in [-0.05, 0) is 66.6 Å². The van der Waals surface area contributed by atoms with E-state index in [1.54, 1.807) is 0 Å². The number of aromatic nitrogens is 1. The van der Waals surface area contributed by atoms with Crippen LogP contribution in [0.2, 0.25) is 0 Å². The molecule has 0 bridgehead atoms. The van der Waals surface area contributed by atoms with Gasteiger partial charge in [0.15, 0.2) is 0 Å². The van der Waals surface area contributed by atoms with E-state index in [-0.39, 0.29) is 5.97 Å². The Morgan fingerprint density at radius 3 is 2.77 bits per heavy atom. The van der Waals surface area contributed by atoms with Crippen LogP contribution in [-0.2, 0) is 16.0 Å². The number of rotatable bonds is 7. The fourth-order valence-electron chi connectivity index (χ4n) is 4.24. The summed E-state index contributed by atoms with van der Waals surface area (Å²) >= 11 is 0. The number of benzene rings is 2. The molecular formula is C26H29NO3. The minimum absolute atomic E-state index is 0.189. The highest BCUT2D eigenvalue weighted by Gasteiger charge is 2.16. The lowest BCUT2D eigenvalue weighted by molar-refractivity contribution is -0.140. The number of esters is 1. The number of carbonyl (C=O) groups excluding carboxylic acids is 1. The van der Waals surface area contributed by atoms with Gasteiger partial charge in [-0.25, -0.2) is 0 Å². The summed E-state index contributed by atoms with van der Waals surface area (Å²) < 4.78 is 11.1. The molecule has 1 heterocycles. The molecular weight excluding hydrogens is 374 g/mol. The number of ether oxygens (including phenoxy) is 2. The zero-order chi connectivity index (χ0) is 20.8. The molecule has 1 aromatic heterocycles. The molecule has 0 atom stereocenters. The van der Waals surface area contributed by atoms with Gasteiger partial charge in [-0.15, -0.1) is 0 Å². The van der Waals surface area contributed by atoms with Crippen molar-refractivity contribution in [2.45, 2.75) is 44.9 Å². The standard InChI is InChI=1S/C26H29NO3/c1-29-26(28)14-10-19-9-13-25(30-18-20-6-3-2-4-7-20)23(16-19)21-11-12-24-22(17-21)8-5-15-27-24/h5,8-9,11-13,15-17,20H,2-4,6-7,10,14,18H2,1H3. The van der Waals surface area contributed by atoms with E-state index in [1.807, 2.05) is 12.3 Å². The first-order chi connectivity index (χ1) is 14.7. The molecule has 156 valence electrons. The largest absolute Gasteiger partial charge is 0.493 e. The quantitative estimate of drug-likeness (QED) is 0.456. The highest BCUT2D eigenvalue weighted by molar-refractivity contribution is 5.85. The zero-order valence-corrected chi connectivity index (χ0v) is 17.6. The average Bonchev–Trinajstić information content (AvgIpc) is 2.81. The van der Waals surface area contributed by atoms with Gasteiger partial charge in [-0.2, -0.15) is 0 Å². The lowest BCUT2D eigenvalue weighted by Crippen LogP contribution is -2.15. The van der Waals surface area contributed by atoms with Crippen molar-refractivity contribution in [1.29, 1.82) is 0 Å². The Morgan fingerprint density at radius 1 is 1.07 bits per heavy atom. The molecule has 2 aromatic carbocycles. The Bertz CT molecular complexity index is 1010.